The lowest BCUT2D eigenvalue weighted by Crippen LogP contribution is -2.21. The molecule has 0 saturated heterocycles. The molecule has 0 spiro atoms. The van der Waals surface area contributed by atoms with Gasteiger partial charge in [0.25, 0.3) is 0 Å². The number of nitrogens with zero attached hydrogens (tertiary/aromatic N) is 1. The number of aromatic nitrogens is 1. The third kappa shape index (κ3) is 3.72. The van der Waals surface area contributed by atoms with Crippen LogP contribution in [0.4, 0.5) is 5.69 Å². The highest BCUT2D eigenvalue weighted by atomic mass is 16.1. The second-order valence-electron chi connectivity index (χ2n) is 4.26. The Kier molecular flexibility index (Phi) is 5.09. The van der Waals surface area contributed by atoms with Gasteiger partial charge >= 0.3 is 0 Å². The molecule has 1 heterocycles. The van der Waals surface area contributed by atoms with Crippen LogP contribution in [0.25, 0.3) is 0 Å². The summed E-state index contributed by atoms with van der Waals surface area (Å²) in [6, 6.07) is 3.98. The van der Waals surface area contributed by atoms with Crippen molar-refractivity contribution in [2.75, 3.05) is 5.32 Å². The predicted octanol–water partition coefficient (Wildman–Crippen LogP) is 2.77. The molecule has 0 fully saturated rings. The van der Waals surface area contributed by atoms with Crippen LogP contribution in [-0.4, -0.2) is 10.6 Å². The molecule has 1 atom stereocenters. The van der Waals surface area contributed by atoms with E-state index >= 15 is 0 Å². The molecule has 1 unspecified atom stereocenters. The van der Waals surface area contributed by atoms with E-state index in [1.165, 1.54) is 19.3 Å². The van der Waals surface area contributed by atoms with Crippen molar-refractivity contribution >= 4 is 5.69 Å². The second kappa shape index (κ2) is 6.36. The molecule has 0 aliphatic rings. The van der Waals surface area contributed by atoms with Crippen LogP contribution in [0.1, 0.15) is 39.5 Å². The van der Waals surface area contributed by atoms with E-state index in [0.717, 1.165) is 12.1 Å². The van der Waals surface area contributed by atoms with Crippen molar-refractivity contribution in [3.63, 3.8) is 0 Å². The zero-order valence-electron chi connectivity index (χ0n) is 10.5. The van der Waals surface area contributed by atoms with Crippen LogP contribution in [0.5, 0.6) is 0 Å². The van der Waals surface area contributed by atoms with Crippen molar-refractivity contribution in [2.45, 2.75) is 45.6 Å². The highest BCUT2D eigenvalue weighted by molar-refractivity contribution is 5.41. The van der Waals surface area contributed by atoms with E-state index in [9.17, 15) is 4.79 Å². The topological polar surface area (TPSA) is 34.0 Å². The maximum atomic E-state index is 11.2. The second-order valence-corrected chi connectivity index (χ2v) is 4.26. The van der Waals surface area contributed by atoms with E-state index in [1.54, 1.807) is 17.7 Å². The molecule has 0 radical (unpaired) electrons. The fourth-order valence-electron chi connectivity index (χ4n) is 1.74. The van der Waals surface area contributed by atoms with Crippen molar-refractivity contribution in [3.05, 3.63) is 28.7 Å². The van der Waals surface area contributed by atoms with Crippen molar-refractivity contribution < 1.29 is 0 Å². The molecule has 16 heavy (non-hydrogen) atoms. The van der Waals surface area contributed by atoms with Gasteiger partial charge in [0.15, 0.2) is 0 Å². The highest BCUT2D eigenvalue weighted by Gasteiger charge is 2.05. The number of rotatable bonds is 6. The van der Waals surface area contributed by atoms with Gasteiger partial charge in [-0.15, -0.1) is 0 Å². The van der Waals surface area contributed by atoms with Gasteiger partial charge in [0, 0.05) is 25.4 Å². The van der Waals surface area contributed by atoms with Gasteiger partial charge < -0.3 is 9.88 Å². The summed E-state index contributed by atoms with van der Waals surface area (Å²) in [7, 11) is 1.78. The van der Waals surface area contributed by atoms with Crippen molar-refractivity contribution in [3.8, 4) is 0 Å². The van der Waals surface area contributed by atoms with Gasteiger partial charge in [0.2, 0.25) is 5.56 Å². The summed E-state index contributed by atoms with van der Waals surface area (Å²) in [6.07, 6.45) is 6.64. The Morgan fingerprint density at radius 2 is 2.12 bits per heavy atom. The third-order valence-corrected chi connectivity index (χ3v) is 2.86. The monoisotopic (exact) mass is 222 g/mol. The molecular weight excluding hydrogens is 200 g/mol. The molecular formula is C13H22N2O. The molecule has 0 amide bonds. The van der Waals surface area contributed by atoms with Crippen molar-refractivity contribution in [1.29, 1.82) is 0 Å². The van der Waals surface area contributed by atoms with Crippen LogP contribution < -0.4 is 10.9 Å². The lowest BCUT2D eigenvalue weighted by molar-refractivity contribution is 0.592. The molecule has 0 aliphatic carbocycles. The minimum atomic E-state index is 0.0344. The van der Waals surface area contributed by atoms with E-state index in [-0.39, 0.29) is 5.56 Å². The highest BCUT2D eigenvalue weighted by Crippen LogP contribution is 2.12. The molecule has 1 N–H and O–H groups in total. The summed E-state index contributed by atoms with van der Waals surface area (Å²) in [5.74, 6) is 0. The van der Waals surface area contributed by atoms with E-state index in [2.05, 4.69) is 19.2 Å². The molecule has 1 aromatic heterocycles. The fourth-order valence-corrected chi connectivity index (χ4v) is 1.74. The summed E-state index contributed by atoms with van der Waals surface area (Å²) in [4.78, 5) is 11.2. The molecule has 3 nitrogen and oxygen atoms in total. The predicted molar refractivity (Wildman–Crippen MR) is 68.9 cm³/mol. The first-order valence-corrected chi connectivity index (χ1v) is 6.10. The molecule has 0 aromatic carbocycles. The standard InChI is InChI=1S/C13H22N2O/c1-4-6-7-11(5-2)14-12-8-9-13(16)15(3)10-12/h8-11,14H,4-7H2,1-3H3. The van der Waals surface area contributed by atoms with Crippen molar-refractivity contribution in [1.82, 2.24) is 4.57 Å². The van der Waals surface area contributed by atoms with Gasteiger partial charge in [-0.25, -0.2) is 0 Å². The zero-order valence-corrected chi connectivity index (χ0v) is 10.5. The lowest BCUT2D eigenvalue weighted by atomic mass is 10.1. The van der Waals surface area contributed by atoms with Crippen LogP contribution in [0.3, 0.4) is 0 Å². The average Bonchev–Trinajstić information content (AvgIpc) is 2.29. The summed E-state index contributed by atoms with van der Waals surface area (Å²) in [6.45, 7) is 4.40. The normalized spacial score (nSPS) is 12.4. The number of hydrogen-bond acceptors (Lipinski definition) is 2. The third-order valence-electron chi connectivity index (χ3n) is 2.86. The lowest BCUT2D eigenvalue weighted by Gasteiger charge is -2.18. The SMILES string of the molecule is CCCCC(CC)Nc1ccc(=O)n(C)c1. The first-order valence-electron chi connectivity index (χ1n) is 6.10. The first-order chi connectivity index (χ1) is 7.67. The quantitative estimate of drug-likeness (QED) is 0.803. The van der Waals surface area contributed by atoms with Crippen LogP contribution in [0.15, 0.2) is 23.1 Å². The number of unbranched alkanes of at least 4 members (excludes halogenated alkanes) is 1. The van der Waals surface area contributed by atoms with Crippen molar-refractivity contribution in [2.24, 2.45) is 7.05 Å². The Morgan fingerprint density at radius 1 is 1.38 bits per heavy atom. The van der Waals surface area contributed by atoms with E-state index in [4.69, 9.17) is 0 Å². The molecule has 0 aliphatic heterocycles. The van der Waals surface area contributed by atoms with Gasteiger partial charge in [-0.05, 0) is 18.9 Å². The molecule has 0 saturated carbocycles. The summed E-state index contributed by atoms with van der Waals surface area (Å²) >= 11 is 0. The number of anilines is 1. The Balaban J connectivity index is 2.63. The van der Waals surface area contributed by atoms with E-state index in [0.29, 0.717) is 6.04 Å². The van der Waals surface area contributed by atoms with Crippen LogP contribution >= 0.6 is 0 Å². The van der Waals surface area contributed by atoms with Crippen LogP contribution in [-0.2, 0) is 7.05 Å². The molecule has 1 aromatic rings. The van der Waals surface area contributed by atoms with Crippen LogP contribution in [0.2, 0.25) is 0 Å². The van der Waals surface area contributed by atoms with Gasteiger partial charge in [-0.1, -0.05) is 26.7 Å². The molecule has 0 bridgehead atoms. The zero-order chi connectivity index (χ0) is 12.0. The van der Waals surface area contributed by atoms with Gasteiger partial charge in [-0.3, -0.25) is 4.79 Å². The minimum Gasteiger partial charge on any atom is -0.381 e. The number of nitrogens with one attached hydrogen (secondary N) is 1. The summed E-state index contributed by atoms with van der Waals surface area (Å²) < 4.78 is 1.61. The van der Waals surface area contributed by atoms with Gasteiger partial charge in [0.05, 0.1) is 5.69 Å². The van der Waals surface area contributed by atoms with Gasteiger partial charge in [-0.2, -0.15) is 0 Å². The molecule has 90 valence electrons. The summed E-state index contributed by atoms with van der Waals surface area (Å²) in [5, 5.41) is 3.47. The maximum absolute atomic E-state index is 11.2. The van der Waals surface area contributed by atoms with Crippen LogP contribution in [0, 0.1) is 0 Å². The first kappa shape index (κ1) is 12.8. The smallest absolute Gasteiger partial charge is 0.250 e. The largest absolute Gasteiger partial charge is 0.381 e. The Labute approximate surface area is 97.5 Å². The number of aryl methyl sites for hydroxylation is 1. The van der Waals surface area contributed by atoms with E-state index in [1.807, 2.05) is 12.3 Å². The minimum absolute atomic E-state index is 0.0344. The number of pyridine rings is 1. The Hall–Kier alpha value is -1.25. The maximum Gasteiger partial charge on any atom is 0.250 e. The number of hydrogen-bond donors (Lipinski definition) is 1. The Bertz CT molecular complexity index is 370. The van der Waals surface area contributed by atoms with E-state index < -0.39 is 0 Å². The Morgan fingerprint density at radius 3 is 2.69 bits per heavy atom. The fraction of sp³-hybridized carbons (Fsp3) is 0.615. The molecule has 1 rings (SSSR count). The molecule has 3 heteroatoms. The average molecular weight is 222 g/mol. The summed E-state index contributed by atoms with van der Waals surface area (Å²) in [5.41, 5.74) is 1.07. The van der Waals surface area contributed by atoms with Gasteiger partial charge in [0.1, 0.15) is 0 Å².